The molecule has 140 valence electrons. The van der Waals surface area contributed by atoms with E-state index in [4.69, 9.17) is 11.6 Å². The van der Waals surface area contributed by atoms with Crippen molar-refractivity contribution in [1.82, 2.24) is 5.32 Å². The van der Waals surface area contributed by atoms with Crippen LogP contribution < -0.4 is 5.32 Å². The number of piperidine rings is 3. The lowest BCUT2D eigenvalue weighted by atomic mass is 10.0. The predicted octanol–water partition coefficient (Wildman–Crippen LogP) is 3.62. The predicted molar refractivity (Wildman–Crippen MR) is 91.3 cm³/mol. The molecule has 4 bridgehead atoms. The second kappa shape index (κ2) is 5.55. The molecule has 5 aliphatic rings. The fourth-order valence-electron chi connectivity index (χ4n) is 6.12. The van der Waals surface area contributed by atoms with Crippen molar-refractivity contribution in [3.63, 3.8) is 0 Å². The van der Waals surface area contributed by atoms with Gasteiger partial charge in [-0.05, 0) is 12.8 Å². The van der Waals surface area contributed by atoms with Gasteiger partial charge in [-0.3, -0.25) is 9.28 Å². The van der Waals surface area contributed by atoms with Gasteiger partial charge in [0.2, 0.25) is 5.91 Å². The fraction of sp³-hybridized carbons (Fsp3) is 0.632. The first kappa shape index (κ1) is 16.8. The van der Waals surface area contributed by atoms with Gasteiger partial charge in [0.05, 0.1) is 11.6 Å². The Morgan fingerprint density at radius 3 is 2.46 bits per heavy atom. The number of benzene rings is 1. The zero-order valence-corrected chi connectivity index (χ0v) is 15.1. The number of phenols is 1. The lowest BCUT2D eigenvalue weighted by Crippen LogP contribution is -2.46. The smallest absolute Gasteiger partial charge is 0.227 e. The second-order valence-electron chi connectivity index (χ2n) is 8.46. The average molecular weight is 384 g/mol. The van der Waals surface area contributed by atoms with E-state index in [-0.39, 0.29) is 22.4 Å². The summed E-state index contributed by atoms with van der Waals surface area (Å²) >= 11 is 5.89. The van der Waals surface area contributed by atoms with Gasteiger partial charge in [-0.1, -0.05) is 24.4 Å². The molecule has 1 aromatic rings. The van der Waals surface area contributed by atoms with Crippen molar-refractivity contribution in [1.29, 1.82) is 0 Å². The van der Waals surface area contributed by atoms with Gasteiger partial charge in [0.25, 0.3) is 0 Å². The van der Waals surface area contributed by atoms with Crippen molar-refractivity contribution in [2.24, 2.45) is 11.8 Å². The van der Waals surface area contributed by atoms with Gasteiger partial charge >= 0.3 is 0 Å². The highest BCUT2D eigenvalue weighted by Gasteiger charge is 2.80. The number of nitrogens with zero attached hydrogens (tertiary/aromatic N) is 1. The Bertz CT molecular complexity index is 758. The Balaban J connectivity index is 1.56. The molecule has 2 N–H and O–H groups in total. The normalized spacial score (nSPS) is 35.7. The zero-order chi connectivity index (χ0) is 18.2. The fourth-order valence-corrected chi connectivity index (χ4v) is 6.32. The van der Waals surface area contributed by atoms with E-state index in [0.717, 1.165) is 51.1 Å². The van der Waals surface area contributed by atoms with E-state index in [1.807, 2.05) is 0 Å². The van der Waals surface area contributed by atoms with Crippen LogP contribution in [0, 0.1) is 23.5 Å². The number of carbonyl (C=O) groups excluding carboxylic acids is 1. The standard InChI is InChI=1S/C19H21ClF2N2O2/c20-11-7-14(25)17(22)15(16(11)21)18(23-19(26)10-3-1-2-4-10)24-8-9-5-12(24)13(24)6-9/h7,9-10,12-13,18H,1-6,8H2,(H-,23,25,26)/p+1. The third-order valence-electron chi connectivity index (χ3n) is 7.24. The summed E-state index contributed by atoms with van der Waals surface area (Å²) in [6.45, 7) is 0.830. The average Bonchev–Trinajstić information content (AvgIpc) is 3.23. The number of hydrogen-bond acceptors (Lipinski definition) is 2. The molecule has 0 aromatic heterocycles. The summed E-state index contributed by atoms with van der Waals surface area (Å²) in [5.41, 5.74) is -0.281. The minimum absolute atomic E-state index is 0.0920. The summed E-state index contributed by atoms with van der Waals surface area (Å²) in [6.07, 6.45) is 4.95. The first-order valence-corrected chi connectivity index (χ1v) is 9.85. The molecule has 0 spiro atoms. The molecule has 2 aliphatic carbocycles. The van der Waals surface area contributed by atoms with E-state index in [1.165, 1.54) is 0 Å². The molecule has 3 aliphatic heterocycles. The quantitative estimate of drug-likeness (QED) is 0.474. The van der Waals surface area contributed by atoms with E-state index >= 15 is 0 Å². The number of halogens is 3. The van der Waals surface area contributed by atoms with Gasteiger partial charge in [-0.15, -0.1) is 0 Å². The molecule has 0 radical (unpaired) electrons. The van der Waals surface area contributed by atoms with E-state index in [0.29, 0.717) is 22.5 Å². The highest BCUT2D eigenvalue weighted by atomic mass is 35.5. The molecule has 7 heteroatoms. The minimum Gasteiger partial charge on any atom is -0.505 e. The first-order valence-electron chi connectivity index (χ1n) is 9.47. The largest absolute Gasteiger partial charge is 0.505 e. The number of aromatic hydroxyl groups is 1. The number of quaternary nitrogens is 1. The van der Waals surface area contributed by atoms with Crippen LogP contribution in [0.5, 0.6) is 5.75 Å². The Morgan fingerprint density at radius 1 is 1.23 bits per heavy atom. The third kappa shape index (κ3) is 2.12. The first-order chi connectivity index (χ1) is 12.4. The summed E-state index contributed by atoms with van der Waals surface area (Å²) < 4.78 is 30.2. The van der Waals surface area contributed by atoms with E-state index in [1.54, 1.807) is 0 Å². The number of rotatable bonds is 4. The van der Waals surface area contributed by atoms with Gasteiger partial charge in [0.1, 0.15) is 17.6 Å². The highest BCUT2D eigenvalue weighted by Crippen LogP contribution is 2.66. The lowest BCUT2D eigenvalue weighted by Gasteiger charge is -2.30. The van der Waals surface area contributed by atoms with Crippen LogP contribution in [0.3, 0.4) is 0 Å². The van der Waals surface area contributed by atoms with Crippen molar-refractivity contribution in [3.05, 3.63) is 28.3 Å². The van der Waals surface area contributed by atoms with Crippen LogP contribution in [0.4, 0.5) is 8.78 Å². The monoisotopic (exact) mass is 383 g/mol. The Kier molecular flexibility index (Phi) is 3.58. The number of amides is 1. The molecule has 4 nitrogen and oxygen atoms in total. The summed E-state index contributed by atoms with van der Waals surface area (Å²) in [5, 5.41) is 12.5. The van der Waals surface area contributed by atoms with Crippen molar-refractivity contribution in [3.8, 4) is 5.75 Å². The van der Waals surface area contributed by atoms with Gasteiger partial charge in [0.15, 0.2) is 23.5 Å². The van der Waals surface area contributed by atoms with Crippen LogP contribution in [-0.2, 0) is 4.79 Å². The molecular weight excluding hydrogens is 362 g/mol. The summed E-state index contributed by atoms with van der Waals surface area (Å²) in [6, 6.07) is 1.59. The van der Waals surface area contributed by atoms with Crippen molar-refractivity contribution in [2.75, 3.05) is 6.54 Å². The summed E-state index contributed by atoms with van der Waals surface area (Å²) in [7, 11) is 0. The van der Waals surface area contributed by atoms with Crippen molar-refractivity contribution < 1.29 is 23.2 Å². The number of carbonyl (C=O) groups is 1. The van der Waals surface area contributed by atoms with E-state index in [9.17, 15) is 18.7 Å². The Labute approximate surface area is 155 Å². The molecule has 1 amide bonds. The van der Waals surface area contributed by atoms with Crippen LogP contribution in [-0.4, -0.2) is 34.1 Å². The van der Waals surface area contributed by atoms with Crippen LogP contribution in [0.1, 0.15) is 50.3 Å². The van der Waals surface area contributed by atoms with Crippen LogP contribution in [0.2, 0.25) is 5.02 Å². The molecule has 3 unspecified atom stereocenters. The molecular formula is C19H22ClF2N2O2+. The van der Waals surface area contributed by atoms with Gasteiger partial charge in [-0.2, -0.15) is 0 Å². The third-order valence-corrected chi connectivity index (χ3v) is 7.52. The second-order valence-corrected chi connectivity index (χ2v) is 8.87. The molecule has 3 atom stereocenters. The van der Waals surface area contributed by atoms with Gasteiger partial charge < -0.3 is 10.4 Å². The Morgan fingerprint density at radius 2 is 1.88 bits per heavy atom. The zero-order valence-electron chi connectivity index (χ0n) is 14.4. The maximum atomic E-state index is 14.9. The molecule has 3 heterocycles. The van der Waals surface area contributed by atoms with Crippen LogP contribution in [0.15, 0.2) is 6.07 Å². The molecule has 1 aromatic carbocycles. The summed E-state index contributed by atoms with van der Waals surface area (Å²) in [4.78, 5) is 12.8. The topological polar surface area (TPSA) is 49.3 Å². The molecule has 26 heavy (non-hydrogen) atoms. The maximum absolute atomic E-state index is 14.9. The van der Waals surface area contributed by atoms with Crippen molar-refractivity contribution in [2.45, 2.75) is 56.8 Å². The number of hydrogen-bond donors (Lipinski definition) is 2. The van der Waals surface area contributed by atoms with Crippen LogP contribution in [0.25, 0.3) is 0 Å². The van der Waals surface area contributed by atoms with E-state index < -0.39 is 23.5 Å². The number of nitrogens with one attached hydrogen (secondary N) is 1. The minimum atomic E-state index is -1.01. The molecule has 3 saturated heterocycles. The SMILES string of the molecule is O=C(NC(c1c(F)c(O)cc(Cl)c1F)[N+]12CC3CC1C2C3)C1CCCC1. The van der Waals surface area contributed by atoms with Gasteiger partial charge in [0, 0.05) is 30.7 Å². The van der Waals surface area contributed by atoms with Crippen molar-refractivity contribution >= 4 is 17.5 Å². The lowest BCUT2D eigenvalue weighted by molar-refractivity contribution is -0.846. The highest BCUT2D eigenvalue weighted by molar-refractivity contribution is 6.31. The van der Waals surface area contributed by atoms with Crippen LogP contribution >= 0.6 is 11.6 Å². The molecule has 5 fully saturated rings. The van der Waals surface area contributed by atoms with Gasteiger partial charge in [-0.25, -0.2) is 8.78 Å². The molecule has 2 saturated carbocycles. The Hall–Kier alpha value is -1.40. The summed E-state index contributed by atoms with van der Waals surface area (Å²) in [5.74, 6) is -2.21. The molecule has 6 rings (SSSR count). The maximum Gasteiger partial charge on any atom is 0.227 e. The number of phenolic OH excluding ortho intramolecular Hbond substituents is 1. The van der Waals surface area contributed by atoms with E-state index in [2.05, 4.69) is 5.32 Å².